The maximum atomic E-state index is 12.5. The van der Waals surface area contributed by atoms with E-state index in [0.717, 1.165) is 18.4 Å². The van der Waals surface area contributed by atoms with Gasteiger partial charge in [-0.3, -0.25) is 9.69 Å². The third-order valence-corrected chi connectivity index (χ3v) is 4.82. The molecular weight excluding hydrogens is 320 g/mol. The zero-order valence-corrected chi connectivity index (χ0v) is 14.7. The average Bonchev–Trinajstić information content (AvgIpc) is 3.18. The number of piperazine rings is 1. The Morgan fingerprint density at radius 2 is 1.92 bits per heavy atom. The number of carbonyl (C=O) groups is 2. The number of amides is 1. The summed E-state index contributed by atoms with van der Waals surface area (Å²) in [6, 6.07) is 9.28. The molecule has 2 aliphatic heterocycles. The first kappa shape index (κ1) is 17.9. The van der Waals surface area contributed by atoms with Gasteiger partial charge in [-0.15, -0.1) is 0 Å². The second kappa shape index (κ2) is 8.45. The van der Waals surface area contributed by atoms with Crippen LogP contribution in [0.15, 0.2) is 30.3 Å². The first-order valence-corrected chi connectivity index (χ1v) is 9.06. The first-order chi connectivity index (χ1) is 12.2. The monoisotopic (exact) mass is 346 g/mol. The van der Waals surface area contributed by atoms with Gasteiger partial charge in [-0.2, -0.15) is 0 Å². The highest BCUT2D eigenvalue weighted by Gasteiger charge is 2.35. The van der Waals surface area contributed by atoms with Gasteiger partial charge in [0.15, 0.2) is 0 Å². The number of rotatable bonds is 5. The Labute approximate surface area is 148 Å². The lowest BCUT2D eigenvalue weighted by atomic mass is 10.0. The van der Waals surface area contributed by atoms with E-state index in [0.29, 0.717) is 39.4 Å². The first-order valence-electron chi connectivity index (χ1n) is 9.06. The van der Waals surface area contributed by atoms with E-state index in [1.54, 1.807) is 0 Å². The molecular formula is C19H26N2O4. The zero-order chi connectivity index (χ0) is 17.6. The highest BCUT2D eigenvalue weighted by molar-refractivity contribution is 5.81. The van der Waals surface area contributed by atoms with Gasteiger partial charge in [-0.1, -0.05) is 30.3 Å². The molecule has 2 atom stereocenters. The Morgan fingerprint density at radius 3 is 2.52 bits per heavy atom. The molecule has 0 aromatic heterocycles. The van der Waals surface area contributed by atoms with Gasteiger partial charge < -0.3 is 14.4 Å². The van der Waals surface area contributed by atoms with Crippen molar-refractivity contribution in [2.24, 2.45) is 0 Å². The van der Waals surface area contributed by atoms with E-state index in [9.17, 15) is 9.59 Å². The molecule has 0 aliphatic carbocycles. The summed E-state index contributed by atoms with van der Waals surface area (Å²) in [5.74, 6) is -0.142. The number of hydrogen-bond donors (Lipinski definition) is 0. The molecule has 0 N–H and O–H groups in total. The minimum atomic E-state index is -0.416. The highest BCUT2D eigenvalue weighted by Crippen LogP contribution is 2.24. The van der Waals surface area contributed by atoms with Gasteiger partial charge in [0.1, 0.15) is 12.1 Å². The predicted octanol–water partition coefficient (Wildman–Crippen LogP) is 1.61. The van der Waals surface area contributed by atoms with E-state index in [2.05, 4.69) is 4.90 Å². The molecule has 2 aliphatic rings. The van der Waals surface area contributed by atoms with Crippen LogP contribution < -0.4 is 0 Å². The van der Waals surface area contributed by atoms with Crippen molar-refractivity contribution < 1.29 is 19.1 Å². The van der Waals surface area contributed by atoms with Crippen molar-refractivity contribution >= 4 is 11.9 Å². The summed E-state index contributed by atoms with van der Waals surface area (Å²) >= 11 is 0. The van der Waals surface area contributed by atoms with Crippen molar-refractivity contribution in [2.75, 3.05) is 39.4 Å². The van der Waals surface area contributed by atoms with Crippen LogP contribution in [0.5, 0.6) is 0 Å². The van der Waals surface area contributed by atoms with Gasteiger partial charge in [0.2, 0.25) is 0 Å². The molecule has 0 radical (unpaired) electrons. The van der Waals surface area contributed by atoms with Gasteiger partial charge in [-0.05, 0) is 25.3 Å². The van der Waals surface area contributed by atoms with Crippen LogP contribution in [-0.2, 0) is 19.1 Å². The van der Waals surface area contributed by atoms with Crippen LogP contribution in [0.25, 0.3) is 0 Å². The molecule has 0 saturated carbocycles. The molecule has 6 heteroatoms. The van der Waals surface area contributed by atoms with Crippen molar-refractivity contribution in [3.63, 3.8) is 0 Å². The Bertz CT molecular complexity index is 578. The van der Waals surface area contributed by atoms with E-state index in [1.807, 2.05) is 42.2 Å². The van der Waals surface area contributed by atoms with Crippen LogP contribution in [0.2, 0.25) is 0 Å². The van der Waals surface area contributed by atoms with E-state index in [1.165, 1.54) is 0 Å². The minimum Gasteiger partial charge on any atom is -0.465 e. The number of benzene rings is 1. The molecule has 2 heterocycles. The van der Waals surface area contributed by atoms with Gasteiger partial charge >= 0.3 is 5.97 Å². The quantitative estimate of drug-likeness (QED) is 0.758. The van der Waals surface area contributed by atoms with Crippen LogP contribution >= 0.6 is 0 Å². The van der Waals surface area contributed by atoms with Crippen molar-refractivity contribution in [2.45, 2.75) is 31.9 Å². The summed E-state index contributed by atoms with van der Waals surface area (Å²) in [6.45, 7) is 5.38. The molecule has 2 fully saturated rings. The third-order valence-electron chi connectivity index (χ3n) is 4.82. The van der Waals surface area contributed by atoms with Crippen LogP contribution in [0.3, 0.4) is 0 Å². The number of ether oxygens (including phenoxy) is 2. The lowest BCUT2D eigenvalue weighted by molar-refractivity contribution is -0.152. The maximum absolute atomic E-state index is 12.5. The fraction of sp³-hybridized carbons (Fsp3) is 0.579. The van der Waals surface area contributed by atoms with Gasteiger partial charge in [-0.25, -0.2) is 4.79 Å². The second-order valence-electron chi connectivity index (χ2n) is 6.43. The van der Waals surface area contributed by atoms with Crippen LogP contribution in [0.4, 0.5) is 0 Å². The minimum absolute atomic E-state index is 0.0875. The summed E-state index contributed by atoms with van der Waals surface area (Å²) in [4.78, 5) is 28.9. The van der Waals surface area contributed by atoms with E-state index in [-0.39, 0.29) is 18.0 Å². The molecule has 2 saturated heterocycles. The van der Waals surface area contributed by atoms with Crippen LogP contribution in [-0.4, -0.2) is 67.2 Å². The Kier molecular flexibility index (Phi) is 6.04. The maximum Gasteiger partial charge on any atom is 0.328 e. The van der Waals surface area contributed by atoms with Crippen molar-refractivity contribution in [3.8, 4) is 0 Å². The van der Waals surface area contributed by atoms with Crippen LogP contribution in [0, 0.1) is 0 Å². The Hall–Kier alpha value is -1.92. The van der Waals surface area contributed by atoms with Gasteiger partial charge in [0.25, 0.3) is 5.91 Å². The fourth-order valence-corrected chi connectivity index (χ4v) is 3.53. The third kappa shape index (κ3) is 4.19. The molecule has 0 bridgehead atoms. The average molecular weight is 346 g/mol. The normalized spacial score (nSPS) is 22.6. The van der Waals surface area contributed by atoms with Crippen molar-refractivity contribution in [1.82, 2.24) is 9.80 Å². The lowest BCUT2D eigenvalue weighted by Crippen LogP contribution is -2.53. The highest BCUT2D eigenvalue weighted by atomic mass is 16.5. The topological polar surface area (TPSA) is 59.1 Å². The van der Waals surface area contributed by atoms with Gasteiger partial charge in [0.05, 0.1) is 6.61 Å². The standard InChI is InChI=1S/C19H26N2O4/c1-2-24-19(23)17(15-7-4-3-5-8-15)20-10-12-21(13-11-20)18(22)16-9-6-14-25-16/h3-5,7-8,16-17H,2,6,9-14H2,1H3/t16-,17+/m0/s1. The number of nitrogens with zero attached hydrogens (tertiary/aromatic N) is 2. The summed E-state index contributed by atoms with van der Waals surface area (Å²) in [6.07, 6.45) is 1.49. The number of carbonyl (C=O) groups excluding carboxylic acids is 2. The molecule has 1 aromatic carbocycles. The molecule has 1 amide bonds. The van der Waals surface area contributed by atoms with E-state index >= 15 is 0 Å². The zero-order valence-electron chi connectivity index (χ0n) is 14.7. The molecule has 6 nitrogen and oxygen atoms in total. The molecule has 0 spiro atoms. The Morgan fingerprint density at radius 1 is 1.20 bits per heavy atom. The van der Waals surface area contributed by atoms with E-state index < -0.39 is 6.04 Å². The summed E-state index contributed by atoms with van der Waals surface area (Å²) < 4.78 is 10.8. The van der Waals surface area contributed by atoms with E-state index in [4.69, 9.17) is 9.47 Å². The molecule has 3 rings (SSSR count). The van der Waals surface area contributed by atoms with Gasteiger partial charge in [0, 0.05) is 32.8 Å². The fourth-order valence-electron chi connectivity index (χ4n) is 3.53. The second-order valence-corrected chi connectivity index (χ2v) is 6.43. The summed E-state index contributed by atoms with van der Waals surface area (Å²) in [5.41, 5.74) is 0.930. The molecule has 1 aromatic rings. The number of hydrogen-bond acceptors (Lipinski definition) is 5. The van der Waals surface area contributed by atoms with Crippen molar-refractivity contribution in [1.29, 1.82) is 0 Å². The predicted molar refractivity (Wildman–Crippen MR) is 92.9 cm³/mol. The smallest absolute Gasteiger partial charge is 0.328 e. The van der Waals surface area contributed by atoms with Crippen molar-refractivity contribution in [3.05, 3.63) is 35.9 Å². The summed E-state index contributed by atoms with van der Waals surface area (Å²) in [7, 11) is 0. The SMILES string of the molecule is CCOC(=O)[C@@H](c1ccccc1)N1CCN(C(=O)[C@@H]2CCCO2)CC1. The van der Waals surface area contributed by atoms with Crippen LogP contribution in [0.1, 0.15) is 31.4 Å². The Balaban J connectivity index is 1.65. The molecule has 0 unspecified atom stereocenters. The summed E-state index contributed by atoms with van der Waals surface area (Å²) in [5, 5.41) is 0. The molecule has 136 valence electrons. The number of esters is 1. The lowest BCUT2D eigenvalue weighted by Gasteiger charge is -2.39. The molecule has 25 heavy (non-hydrogen) atoms. The largest absolute Gasteiger partial charge is 0.465 e.